The minimum absolute atomic E-state index is 0.0110. The Morgan fingerprint density at radius 3 is 2.50 bits per heavy atom. The van der Waals surface area contributed by atoms with Crippen molar-refractivity contribution in [1.82, 2.24) is 0 Å². The first kappa shape index (κ1) is 20.5. The summed E-state index contributed by atoms with van der Waals surface area (Å²) in [6, 6.07) is 0. The molecule has 9 nitrogen and oxygen atoms in total. The first-order chi connectivity index (χ1) is 12.9. The van der Waals surface area contributed by atoms with Crippen LogP contribution in [-0.2, 0) is 33.3 Å². The number of hydrogen-bond donors (Lipinski definition) is 2. The molecular formula is C19H24O9. The molecule has 0 aromatic carbocycles. The number of rotatable bonds is 3. The Kier molecular flexibility index (Phi) is 4.89. The molecule has 2 bridgehead atoms. The number of fused-ring (bicyclic) bond motifs is 3. The van der Waals surface area contributed by atoms with Crippen LogP contribution in [0.25, 0.3) is 0 Å². The quantitative estimate of drug-likeness (QED) is 0.521. The Morgan fingerprint density at radius 1 is 1.21 bits per heavy atom. The van der Waals surface area contributed by atoms with Crippen molar-refractivity contribution in [3.63, 3.8) is 0 Å². The molecule has 4 atom stereocenters. The number of ether oxygens (including phenoxy) is 4. The van der Waals surface area contributed by atoms with Crippen molar-refractivity contribution in [2.45, 2.75) is 70.1 Å². The van der Waals surface area contributed by atoms with E-state index in [0.717, 1.165) is 0 Å². The molecule has 3 aliphatic rings. The van der Waals surface area contributed by atoms with Gasteiger partial charge in [0.25, 0.3) is 0 Å². The Labute approximate surface area is 161 Å². The Balaban J connectivity index is 2.16. The van der Waals surface area contributed by atoms with Crippen molar-refractivity contribution in [2.24, 2.45) is 0 Å². The van der Waals surface area contributed by atoms with Crippen LogP contribution in [0.5, 0.6) is 0 Å². The molecule has 9 heteroatoms. The Morgan fingerprint density at radius 2 is 1.89 bits per heavy atom. The predicted octanol–water partition coefficient (Wildman–Crippen LogP) is 0.631. The van der Waals surface area contributed by atoms with Gasteiger partial charge in [-0.05, 0) is 26.3 Å². The topological polar surface area (TPSA) is 129 Å². The summed E-state index contributed by atoms with van der Waals surface area (Å²) in [6.07, 6.45) is 0.653. The van der Waals surface area contributed by atoms with Gasteiger partial charge in [0.1, 0.15) is 24.1 Å². The normalized spacial score (nSPS) is 37.3. The smallest absolute Gasteiger partial charge is 0.343 e. The zero-order valence-electron chi connectivity index (χ0n) is 16.2. The third-order valence-electron chi connectivity index (χ3n) is 5.31. The van der Waals surface area contributed by atoms with E-state index < -0.39 is 41.0 Å². The minimum Gasteiger partial charge on any atom is -0.461 e. The fraction of sp³-hybridized carbons (Fsp3) is 0.632. The third-order valence-corrected chi connectivity index (χ3v) is 5.31. The molecule has 0 spiro atoms. The second-order valence-electron chi connectivity index (χ2n) is 7.85. The van der Waals surface area contributed by atoms with Crippen molar-refractivity contribution in [2.75, 3.05) is 6.61 Å². The van der Waals surface area contributed by atoms with Crippen molar-refractivity contribution < 1.29 is 43.5 Å². The fourth-order valence-electron chi connectivity index (χ4n) is 3.83. The first-order valence-corrected chi connectivity index (χ1v) is 9.00. The monoisotopic (exact) mass is 396 g/mol. The molecule has 0 aromatic rings. The maximum absolute atomic E-state index is 12.4. The van der Waals surface area contributed by atoms with E-state index in [0.29, 0.717) is 6.42 Å². The Bertz CT molecular complexity index is 793. The molecule has 0 radical (unpaired) electrons. The van der Waals surface area contributed by atoms with Gasteiger partial charge in [-0.3, -0.25) is 9.59 Å². The zero-order valence-corrected chi connectivity index (χ0v) is 16.2. The third kappa shape index (κ3) is 3.57. The van der Waals surface area contributed by atoms with Crippen molar-refractivity contribution in [1.29, 1.82) is 0 Å². The standard InChI is InChI=1S/C19H24O9/c1-10(20)25-9-12-15-13(27-16(12)22)7-17(3)5-6-19(24,28-17)18(4,23)8-14(15)26-11(2)21/h7,14,23-24H,5-6,8-9H2,1-4H3/t14?,17-,18-,19+/m1/s1. The van der Waals surface area contributed by atoms with Gasteiger partial charge in [-0.15, -0.1) is 0 Å². The summed E-state index contributed by atoms with van der Waals surface area (Å²) in [6.45, 7) is 5.08. The number of carbonyl (C=O) groups excluding carboxylic acids is 3. The number of esters is 3. The summed E-state index contributed by atoms with van der Waals surface area (Å²) in [5.74, 6) is -3.76. The average Bonchev–Trinajstić information content (AvgIpc) is 3.01. The molecule has 154 valence electrons. The van der Waals surface area contributed by atoms with Gasteiger partial charge in [0.15, 0.2) is 5.79 Å². The van der Waals surface area contributed by atoms with Gasteiger partial charge in [-0.25, -0.2) is 4.79 Å². The highest BCUT2D eigenvalue weighted by molar-refractivity contribution is 5.95. The van der Waals surface area contributed by atoms with E-state index in [9.17, 15) is 24.6 Å². The van der Waals surface area contributed by atoms with Gasteiger partial charge in [-0.2, -0.15) is 0 Å². The van der Waals surface area contributed by atoms with Crippen LogP contribution in [0.15, 0.2) is 23.0 Å². The molecular weight excluding hydrogens is 372 g/mol. The summed E-state index contributed by atoms with van der Waals surface area (Å²) in [5.41, 5.74) is -2.62. The molecule has 2 N–H and O–H groups in total. The second kappa shape index (κ2) is 6.68. The maximum atomic E-state index is 12.4. The SMILES string of the molecule is CC(=O)OCC1=C2C(=C[C@@]3(C)CC[C@](O)(O3)[C@](C)(O)CC2OC(C)=O)OC1=O. The Hall–Kier alpha value is -2.23. The lowest BCUT2D eigenvalue weighted by atomic mass is 9.82. The average molecular weight is 396 g/mol. The highest BCUT2D eigenvalue weighted by Crippen LogP contribution is 2.49. The van der Waals surface area contributed by atoms with Gasteiger partial charge in [-0.1, -0.05) is 0 Å². The molecule has 1 fully saturated rings. The van der Waals surface area contributed by atoms with Crippen molar-refractivity contribution in [3.8, 4) is 0 Å². The van der Waals surface area contributed by atoms with Crippen molar-refractivity contribution in [3.05, 3.63) is 23.0 Å². The van der Waals surface area contributed by atoms with Gasteiger partial charge >= 0.3 is 17.9 Å². The molecule has 3 rings (SSSR count). The molecule has 3 heterocycles. The van der Waals surface area contributed by atoms with Gasteiger partial charge in [0.05, 0.1) is 11.2 Å². The molecule has 1 unspecified atom stereocenters. The van der Waals surface area contributed by atoms with Crippen LogP contribution in [0.4, 0.5) is 0 Å². The van der Waals surface area contributed by atoms with Gasteiger partial charge in [0.2, 0.25) is 0 Å². The molecule has 28 heavy (non-hydrogen) atoms. The van der Waals surface area contributed by atoms with Crippen LogP contribution < -0.4 is 0 Å². The number of aliphatic hydroxyl groups is 2. The van der Waals surface area contributed by atoms with Crippen LogP contribution >= 0.6 is 0 Å². The lowest BCUT2D eigenvalue weighted by Crippen LogP contribution is -2.54. The minimum atomic E-state index is -1.88. The maximum Gasteiger partial charge on any atom is 0.343 e. The van der Waals surface area contributed by atoms with E-state index in [-0.39, 0.29) is 36.4 Å². The van der Waals surface area contributed by atoms with Crippen LogP contribution in [0.3, 0.4) is 0 Å². The molecule has 0 saturated carbocycles. The molecule has 0 aromatic heterocycles. The van der Waals surface area contributed by atoms with Crippen LogP contribution in [0, 0.1) is 0 Å². The van der Waals surface area contributed by atoms with Gasteiger partial charge in [0, 0.05) is 32.3 Å². The highest BCUT2D eigenvalue weighted by Gasteiger charge is 2.58. The summed E-state index contributed by atoms with van der Waals surface area (Å²) in [7, 11) is 0. The van der Waals surface area contributed by atoms with E-state index in [4.69, 9.17) is 18.9 Å². The number of hydrogen-bond acceptors (Lipinski definition) is 9. The van der Waals surface area contributed by atoms with E-state index in [1.807, 2.05) is 0 Å². The number of carbonyl (C=O) groups is 3. The molecule has 3 aliphatic heterocycles. The summed E-state index contributed by atoms with van der Waals surface area (Å²) >= 11 is 0. The lowest BCUT2D eigenvalue weighted by molar-refractivity contribution is -0.298. The predicted molar refractivity (Wildman–Crippen MR) is 92.3 cm³/mol. The molecule has 0 aliphatic carbocycles. The first-order valence-electron chi connectivity index (χ1n) is 9.00. The van der Waals surface area contributed by atoms with Crippen LogP contribution in [0.2, 0.25) is 0 Å². The van der Waals surface area contributed by atoms with Crippen LogP contribution in [-0.4, -0.2) is 57.8 Å². The van der Waals surface area contributed by atoms with E-state index in [1.54, 1.807) is 6.92 Å². The van der Waals surface area contributed by atoms with E-state index >= 15 is 0 Å². The fourth-order valence-corrected chi connectivity index (χ4v) is 3.83. The van der Waals surface area contributed by atoms with Crippen LogP contribution in [0.1, 0.15) is 47.0 Å². The van der Waals surface area contributed by atoms with E-state index in [2.05, 4.69) is 0 Å². The van der Waals surface area contributed by atoms with Gasteiger partial charge < -0.3 is 29.2 Å². The summed E-state index contributed by atoms with van der Waals surface area (Å²) in [4.78, 5) is 35.3. The van der Waals surface area contributed by atoms with Crippen molar-refractivity contribution >= 4 is 17.9 Å². The largest absolute Gasteiger partial charge is 0.461 e. The molecule has 0 amide bonds. The zero-order chi connectivity index (χ0) is 20.9. The summed E-state index contributed by atoms with van der Waals surface area (Å²) in [5, 5.41) is 21.9. The highest BCUT2D eigenvalue weighted by atomic mass is 16.7. The lowest BCUT2D eigenvalue weighted by Gasteiger charge is -2.40. The second-order valence-corrected chi connectivity index (χ2v) is 7.85. The summed E-state index contributed by atoms with van der Waals surface area (Å²) < 4.78 is 21.5. The molecule has 1 saturated heterocycles. The van der Waals surface area contributed by atoms with E-state index in [1.165, 1.54) is 26.8 Å².